The summed E-state index contributed by atoms with van der Waals surface area (Å²) < 4.78 is 0. The Morgan fingerprint density at radius 2 is 0.382 bits per heavy atom. The van der Waals surface area contributed by atoms with Gasteiger partial charge in [0, 0.05) is 12.3 Å². The third-order valence-electron chi connectivity index (χ3n) is 15.1. The van der Waals surface area contributed by atoms with Gasteiger partial charge in [-0.3, -0.25) is 0 Å². The quantitative estimate of drug-likeness (QED) is 0.0501. The normalized spacial score (nSPS) is 11.3. The predicted octanol–water partition coefficient (Wildman–Crippen LogP) is 17.3. The van der Waals surface area contributed by atoms with Gasteiger partial charge in [-0.2, -0.15) is 0 Å². The highest BCUT2D eigenvalue weighted by atomic mass is 31.1. The van der Waals surface area contributed by atoms with Crippen LogP contribution in [0.5, 0.6) is 0 Å². The smallest absolute Gasteiger partial charge is 0.00136 e. The minimum absolute atomic E-state index is 0.694. The van der Waals surface area contributed by atoms with Gasteiger partial charge in [0.1, 0.15) is 0 Å². The molecule has 0 heterocycles. The van der Waals surface area contributed by atoms with E-state index in [0.717, 1.165) is 89.4 Å². The molecule has 0 atom stereocenters. The van der Waals surface area contributed by atoms with Gasteiger partial charge in [-0.15, -0.1) is 0 Å². The molecule has 378 valence electrons. The van der Waals surface area contributed by atoms with Crippen molar-refractivity contribution in [3.8, 4) is 11.1 Å². The third-order valence-corrected chi connectivity index (χ3v) is 20.1. The lowest BCUT2D eigenvalue weighted by molar-refractivity contribution is 0.821. The first-order valence-electron chi connectivity index (χ1n) is 27.9. The summed E-state index contributed by atoms with van der Waals surface area (Å²) in [7, 11) is -1.39. The van der Waals surface area contributed by atoms with Gasteiger partial charge in [-0.25, -0.2) is 0 Å². The molecule has 0 aliphatic rings. The van der Waals surface area contributed by atoms with Crippen molar-refractivity contribution in [3.63, 3.8) is 0 Å². The number of rotatable bonds is 25. The molecule has 0 aliphatic heterocycles. The summed E-state index contributed by atoms with van der Waals surface area (Å²) in [5.74, 6) is 0. The number of hydrogen-bond donors (Lipinski definition) is 0. The summed E-state index contributed by atoms with van der Waals surface area (Å²) in [4.78, 5) is 0. The fourth-order valence-electron chi connectivity index (χ4n) is 10.8. The summed E-state index contributed by atoms with van der Waals surface area (Å²) in [6, 6.07) is 101. The monoisotopic (exact) mass is 1020 g/mol. The van der Waals surface area contributed by atoms with Crippen molar-refractivity contribution >= 4 is 37.1 Å². The molecule has 0 amide bonds. The van der Waals surface area contributed by atoms with E-state index in [4.69, 9.17) is 0 Å². The van der Waals surface area contributed by atoms with Crippen molar-refractivity contribution in [1.29, 1.82) is 0 Å². The maximum atomic E-state index is 2.45. The molecule has 0 nitrogen and oxygen atoms in total. The average Bonchev–Trinajstić information content (AvgIpc) is 3.48. The fourth-order valence-corrected chi connectivity index (χ4v) is 15.4. The Morgan fingerprint density at radius 3 is 0.618 bits per heavy atom. The molecule has 0 spiro atoms. The third kappa shape index (κ3) is 15.1. The molecule has 0 saturated heterocycles. The Morgan fingerprint density at radius 1 is 0.184 bits per heavy atom. The predicted molar refractivity (Wildman–Crippen MR) is 331 cm³/mol. The van der Waals surface area contributed by atoms with Gasteiger partial charge in [-0.1, -0.05) is 267 Å². The summed E-state index contributed by atoms with van der Waals surface area (Å²) in [6.45, 7) is 0. The van der Waals surface area contributed by atoms with Gasteiger partial charge in [0.05, 0.1) is 0 Å². The summed E-state index contributed by atoms with van der Waals surface area (Å²) in [5, 5.41) is 5.77. The van der Waals surface area contributed by atoms with E-state index in [-0.39, 0.29) is 0 Å². The summed E-state index contributed by atoms with van der Waals surface area (Å²) >= 11 is 0. The lowest BCUT2D eigenvalue weighted by Crippen LogP contribution is -2.15. The summed E-state index contributed by atoms with van der Waals surface area (Å²) in [6.07, 6.45) is 15.4. The van der Waals surface area contributed by atoms with Gasteiger partial charge in [0.15, 0.2) is 0 Å². The highest BCUT2D eigenvalue weighted by Gasteiger charge is 2.21. The van der Waals surface area contributed by atoms with Crippen LogP contribution < -0.4 is 21.2 Å². The van der Waals surface area contributed by atoms with Crippen molar-refractivity contribution in [2.45, 2.75) is 89.4 Å². The van der Waals surface area contributed by atoms with Crippen molar-refractivity contribution in [1.82, 2.24) is 0 Å². The molecule has 0 bridgehead atoms. The van der Waals surface area contributed by atoms with Crippen molar-refractivity contribution in [2.24, 2.45) is 0 Å². The molecule has 0 saturated carbocycles. The van der Waals surface area contributed by atoms with Crippen molar-refractivity contribution in [3.05, 3.63) is 323 Å². The zero-order valence-corrected chi connectivity index (χ0v) is 46.0. The largest absolute Gasteiger partial charge is 0.0622 e. The molecule has 0 fully saturated rings. The fraction of sp³-hybridized carbons (Fsp3) is 0.189. The van der Waals surface area contributed by atoms with Crippen LogP contribution in [0.2, 0.25) is 0 Å². The molecule has 0 N–H and O–H groups in total. The second kappa shape index (κ2) is 27.7. The van der Waals surface area contributed by atoms with Crippen LogP contribution in [0.4, 0.5) is 0 Å². The zero-order chi connectivity index (χ0) is 51.4. The topological polar surface area (TPSA) is 0 Å². The first kappa shape index (κ1) is 52.5. The molecular weight excluding hydrogens is 951 g/mol. The maximum absolute atomic E-state index is 2.45. The van der Waals surface area contributed by atoms with Gasteiger partial charge >= 0.3 is 0 Å². The van der Waals surface area contributed by atoms with Gasteiger partial charge < -0.3 is 0 Å². The van der Waals surface area contributed by atoms with Crippen LogP contribution in [0.3, 0.4) is 0 Å². The number of benzene rings is 10. The van der Waals surface area contributed by atoms with E-state index >= 15 is 0 Å². The zero-order valence-electron chi connectivity index (χ0n) is 44.2. The van der Waals surface area contributed by atoms with Crippen LogP contribution in [-0.4, -0.2) is 0 Å². The van der Waals surface area contributed by atoms with E-state index in [1.165, 1.54) is 88.0 Å². The van der Waals surface area contributed by atoms with E-state index in [9.17, 15) is 0 Å². The number of hydrogen-bond acceptors (Lipinski definition) is 0. The highest BCUT2D eigenvalue weighted by molar-refractivity contribution is 7.72. The Kier molecular flexibility index (Phi) is 19.2. The molecule has 10 aromatic rings. The van der Waals surface area contributed by atoms with E-state index in [1.807, 2.05) is 0 Å². The minimum Gasteiger partial charge on any atom is -0.0622 e. The van der Waals surface area contributed by atoms with Gasteiger partial charge in [0.25, 0.3) is 0 Å². The Balaban J connectivity index is 0.914. The highest BCUT2D eigenvalue weighted by Crippen LogP contribution is 2.44. The van der Waals surface area contributed by atoms with Crippen LogP contribution in [-0.2, 0) is 63.7 Å². The van der Waals surface area contributed by atoms with Gasteiger partial charge in [0.2, 0.25) is 0 Å². The van der Waals surface area contributed by atoms with Crippen LogP contribution >= 0.6 is 15.8 Å². The maximum Gasteiger partial charge on any atom is 0.00136 e. The second-order valence-electron chi connectivity index (χ2n) is 20.5. The average molecular weight is 1020 g/mol. The molecule has 2 heteroatoms. The first-order valence-corrected chi connectivity index (χ1v) is 30.9. The second-order valence-corrected chi connectivity index (χ2v) is 24.9. The molecule has 0 aliphatic carbocycles. The summed E-state index contributed by atoms with van der Waals surface area (Å²) in [5.41, 5.74) is 16.9. The molecule has 10 aromatic carbocycles. The van der Waals surface area contributed by atoms with E-state index in [1.54, 1.807) is 0 Å². The molecule has 0 radical (unpaired) electrons. The Labute approximate surface area is 457 Å². The molecule has 10 rings (SSSR count). The Hall–Kier alpha value is -6.94. The standard InChI is InChI=1S/C74H72P2/c1-5-21-59(22-6-1)29-17-33-63-41-49-69(50-42-63)75(70-51-43-64(44-52-70)34-18-30-60-23-7-2-8-24-60)57-67-37-13-15-39-73(67)74-40-16-14-38-68(74)58-76(71-53-45-65(46-54-71)35-19-31-61-25-9-3-10-26-61)72-55-47-66(48-56-72)36-20-32-62-27-11-4-12-28-62/h1-16,21-28,37-56H,17-20,29-36,57-58H2. The van der Waals surface area contributed by atoms with Crippen LogP contribution in [0.15, 0.2) is 267 Å². The number of aryl methyl sites for hydroxylation is 8. The first-order chi connectivity index (χ1) is 37.7. The van der Waals surface area contributed by atoms with Crippen LogP contribution in [0.25, 0.3) is 11.1 Å². The molecule has 0 aromatic heterocycles. The lowest BCUT2D eigenvalue weighted by atomic mass is 9.97. The van der Waals surface area contributed by atoms with Crippen molar-refractivity contribution in [2.75, 3.05) is 0 Å². The van der Waals surface area contributed by atoms with E-state index in [2.05, 4.69) is 267 Å². The van der Waals surface area contributed by atoms with E-state index in [0.29, 0.717) is 0 Å². The molecule has 0 unspecified atom stereocenters. The van der Waals surface area contributed by atoms with E-state index < -0.39 is 15.8 Å². The minimum atomic E-state index is -0.694. The molecule has 76 heavy (non-hydrogen) atoms. The van der Waals surface area contributed by atoms with Crippen LogP contribution in [0, 0.1) is 0 Å². The SMILES string of the molecule is c1ccc(CCCc2ccc(P(Cc3ccccc3-c3ccccc3CP(c3ccc(CCCc4ccccc4)cc3)c3ccc(CCCc4ccccc4)cc3)c3ccc(CCCc4ccccc4)cc3)cc2)cc1. The van der Waals surface area contributed by atoms with Gasteiger partial charge in [-0.05, 0) is 181 Å². The Bertz CT molecular complexity index is 2860. The molecular formula is C74H72P2. The van der Waals surface area contributed by atoms with Crippen molar-refractivity contribution < 1.29 is 0 Å². The lowest BCUT2D eigenvalue weighted by Gasteiger charge is -2.24. The van der Waals surface area contributed by atoms with Crippen LogP contribution in [0.1, 0.15) is 81.3 Å².